The van der Waals surface area contributed by atoms with Crippen molar-refractivity contribution < 1.29 is 0 Å². The Kier molecular flexibility index (Phi) is 3.44. The fourth-order valence-corrected chi connectivity index (χ4v) is 2.66. The van der Waals surface area contributed by atoms with Gasteiger partial charge in [0.15, 0.2) is 0 Å². The number of nitrogens with zero attached hydrogens (tertiary/aromatic N) is 2. The van der Waals surface area contributed by atoms with E-state index in [4.69, 9.17) is 0 Å². The lowest BCUT2D eigenvalue weighted by molar-refractivity contribution is 0.689. The molecule has 0 saturated carbocycles. The minimum Gasteiger partial charge on any atom is -0.309 e. The average Bonchev–Trinajstić information content (AvgIpc) is 2.50. The number of rotatable bonds is 3. The zero-order chi connectivity index (χ0) is 13.9. The Bertz CT molecular complexity index is 732. The van der Waals surface area contributed by atoms with Crippen LogP contribution in [0.2, 0.25) is 0 Å². The van der Waals surface area contributed by atoms with E-state index in [1.165, 1.54) is 22.1 Å². The van der Waals surface area contributed by atoms with Gasteiger partial charge in [0, 0.05) is 30.2 Å². The van der Waals surface area contributed by atoms with Crippen molar-refractivity contribution in [2.75, 3.05) is 7.05 Å². The highest BCUT2D eigenvalue weighted by Gasteiger charge is 2.16. The van der Waals surface area contributed by atoms with E-state index in [2.05, 4.69) is 46.5 Å². The summed E-state index contributed by atoms with van der Waals surface area (Å²) in [6.45, 7) is 2.12. The molecule has 0 fully saturated rings. The van der Waals surface area contributed by atoms with Crippen LogP contribution in [0.1, 0.15) is 22.7 Å². The minimum atomic E-state index is 0.134. The maximum Gasteiger partial charge on any atom is 0.0598 e. The van der Waals surface area contributed by atoms with Crippen LogP contribution in [0.5, 0.6) is 0 Å². The molecule has 0 saturated heterocycles. The first-order valence-electron chi connectivity index (χ1n) is 6.71. The van der Waals surface area contributed by atoms with Gasteiger partial charge in [-0.1, -0.05) is 18.2 Å². The van der Waals surface area contributed by atoms with Crippen molar-refractivity contribution in [1.29, 1.82) is 0 Å². The summed E-state index contributed by atoms with van der Waals surface area (Å²) in [5, 5.41) is 5.79. The normalized spacial score (nSPS) is 12.5. The van der Waals surface area contributed by atoms with Gasteiger partial charge in [0.25, 0.3) is 0 Å². The minimum absolute atomic E-state index is 0.134. The predicted octanol–water partition coefficient (Wildman–Crippen LogP) is 3.25. The number of aromatic nitrogens is 2. The highest BCUT2D eigenvalue weighted by Crippen LogP contribution is 2.29. The molecule has 1 N–H and O–H groups in total. The number of benzene rings is 1. The number of pyridine rings is 2. The average molecular weight is 263 g/mol. The quantitative estimate of drug-likeness (QED) is 0.788. The second-order valence-corrected chi connectivity index (χ2v) is 4.90. The van der Waals surface area contributed by atoms with Crippen LogP contribution in [-0.2, 0) is 0 Å². The molecule has 0 bridgehead atoms. The SMILES string of the molecule is CNC(c1cnccc1C)c1cccc2cnccc12. The zero-order valence-corrected chi connectivity index (χ0v) is 11.7. The van der Waals surface area contributed by atoms with Gasteiger partial charge in [0.2, 0.25) is 0 Å². The van der Waals surface area contributed by atoms with Crippen LogP contribution in [0.3, 0.4) is 0 Å². The topological polar surface area (TPSA) is 37.8 Å². The van der Waals surface area contributed by atoms with Crippen LogP contribution >= 0.6 is 0 Å². The molecule has 3 aromatic rings. The van der Waals surface area contributed by atoms with Crippen LogP contribution in [0.25, 0.3) is 10.8 Å². The zero-order valence-electron chi connectivity index (χ0n) is 11.7. The third kappa shape index (κ3) is 2.17. The van der Waals surface area contributed by atoms with Crippen LogP contribution < -0.4 is 5.32 Å². The maximum atomic E-state index is 4.27. The van der Waals surface area contributed by atoms with E-state index in [0.29, 0.717) is 0 Å². The summed E-state index contributed by atoms with van der Waals surface area (Å²) in [5.74, 6) is 0. The van der Waals surface area contributed by atoms with E-state index in [9.17, 15) is 0 Å². The highest BCUT2D eigenvalue weighted by atomic mass is 14.9. The Hall–Kier alpha value is -2.26. The van der Waals surface area contributed by atoms with Gasteiger partial charge in [-0.2, -0.15) is 0 Å². The number of hydrogen-bond donors (Lipinski definition) is 1. The molecular formula is C17H17N3. The van der Waals surface area contributed by atoms with E-state index >= 15 is 0 Å². The molecule has 3 rings (SSSR count). The van der Waals surface area contributed by atoms with Crippen molar-refractivity contribution in [1.82, 2.24) is 15.3 Å². The lowest BCUT2D eigenvalue weighted by Gasteiger charge is -2.20. The summed E-state index contributed by atoms with van der Waals surface area (Å²) in [7, 11) is 1.98. The molecule has 100 valence electrons. The molecule has 0 aliphatic heterocycles. The summed E-state index contributed by atoms with van der Waals surface area (Å²) in [4.78, 5) is 8.46. The largest absolute Gasteiger partial charge is 0.309 e. The molecule has 20 heavy (non-hydrogen) atoms. The molecule has 1 unspecified atom stereocenters. The summed E-state index contributed by atoms with van der Waals surface area (Å²) in [6.07, 6.45) is 7.52. The van der Waals surface area contributed by atoms with Crippen molar-refractivity contribution in [2.24, 2.45) is 0 Å². The Balaban J connectivity index is 2.20. The van der Waals surface area contributed by atoms with Gasteiger partial charge in [0.05, 0.1) is 6.04 Å². The maximum absolute atomic E-state index is 4.27. The lowest BCUT2D eigenvalue weighted by Crippen LogP contribution is -2.19. The smallest absolute Gasteiger partial charge is 0.0598 e. The molecule has 2 heterocycles. The first kappa shape index (κ1) is 12.8. The Morgan fingerprint density at radius 3 is 2.55 bits per heavy atom. The summed E-state index contributed by atoms with van der Waals surface area (Å²) in [5.41, 5.74) is 3.70. The lowest BCUT2D eigenvalue weighted by atomic mass is 9.93. The van der Waals surface area contributed by atoms with Gasteiger partial charge in [-0.3, -0.25) is 9.97 Å². The molecule has 0 aliphatic rings. The Morgan fingerprint density at radius 1 is 0.950 bits per heavy atom. The van der Waals surface area contributed by atoms with Gasteiger partial charge in [-0.05, 0) is 48.2 Å². The highest BCUT2D eigenvalue weighted by molar-refractivity contribution is 5.85. The monoisotopic (exact) mass is 263 g/mol. The molecule has 0 amide bonds. The van der Waals surface area contributed by atoms with Gasteiger partial charge in [-0.15, -0.1) is 0 Å². The third-order valence-electron chi connectivity index (χ3n) is 3.70. The predicted molar refractivity (Wildman–Crippen MR) is 81.6 cm³/mol. The van der Waals surface area contributed by atoms with E-state index in [-0.39, 0.29) is 6.04 Å². The molecule has 1 atom stereocenters. The van der Waals surface area contributed by atoms with Gasteiger partial charge >= 0.3 is 0 Å². The molecular weight excluding hydrogens is 246 g/mol. The van der Waals surface area contributed by atoms with Crippen LogP contribution in [0.15, 0.2) is 55.1 Å². The van der Waals surface area contributed by atoms with Gasteiger partial charge < -0.3 is 5.32 Å². The molecule has 0 aliphatic carbocycles. The van der Waals surface area contributed by atoms with Crippen LogP contribution in [-0.4, -0.2) is 17.0 Å². The summed E-state index contributed by atoms with van der Waals surface area (Å²) < 4.78 is 0. The fraction of sp³-hybridized carbons (Fsp3) is 0.176. The van der Waals surface area contributed by atoms with Crippen LogP contribution in [0, 0.1) is 6.92 Å². The van der Waals surface area contributed by atoms with Crippen molar-refractivity contribution in [3.63, 3.8) is 0 Å². The molecule has 3 nitrogen and oxygen atoms in total. The summed E-state index contributed by atoms with van der Waals surface area (Å²) in [6, 6.07) is 10.6. The molecule has 2 aromatic heterocycles. The van der Waals surface area contributed by atoms with Crippen molar-refractivity contribution in [3.8, 4) is 0 Å². The first-order valence-corrected chi connectivity index (χ1v) is 6.71. The third-order valence-corrected chi connectivity index (χ3v) is 3.70. The van der Waals surface area contributed by atoms with E-state index in [0.717, 1.165) is 5.39 Å². The van der Waals surface area contributed by atoms with E-state index in [1.54, 1.807) is 0 Å². The molecule has 3 heteroatoms. The second-order valence-electron chi connectivity index (χ2n) is 4.90. The first-order chi connectivity index (χ1) is 9.81. The molecule has 1 aromatic carbocycles. The Labute approximate surface area is 118 Å². The molecule has 0 spiro atoms. The number of hydrogen-bond acceptors (Lipinski definition) is 3. The van der Waals surface area contributed by atoms with E-state index in [1.807, 2.05) is 37.9 Å². The fourth-order valence-electron chi connectivity index (χ4n) is 2.66. The number of fused-ring (bicyclic) bond motifs is 1. The number of aryl methyl sites for hydroxylation is 1. The van der Waals surface area contributed by atoms with Crippen molar-refractivity contribution >= 4 is 10.8 Å². The molecule has 0 radical (unpaired) electrons. The van der Waals surface area contributed by atoms with Gasteiger partial charge in [0.1, 0.15) is 0 Å². The van der Waals surface area contributed by atoms with Crippen molar-refractivity contribution in [2.45, 2.75) is 13.0 Å². The Morgan fingerprint density at radius 2 is 1.75 bits per heavy atom. The second kappa shape index (κ2) is 5.39. The standard InChI is InChI=1S/C17H17N3/c1-12-6-8-20-11-16(12)17(18-2)15-5-3-4-13-10-19-9-7-14(13)15/h3-11,17-18H,1-2H3. The van der Waals surface area contributed by atoms with Gasteiger partial charge in [-0.25, -0.2) is 0 Å². The summed E-state index contributed by atoms with van der Waals surface area (Å²) >= 11 is 0. The number of nitrogens with one attached hydrogen (secondary N) is 1. The van der Waals surface area contributed by atoms with Crippen molar-refractivity contribution in [3.05, 3.63) is 71.8 Å². The van der Waals surface area contributed by atoms with Crippen LogP contribution in [0.4, 0.5) is 0 Å². The van der Waals surface area contributed by atoms with E-state index < -0.39 is 0 Å².